The number of methoxy groups -OCH3 is 1. The number of aliphatic imine (C=N–C) groups is 1. The molecule has 11 nitrogen and oxygen atoms in total. The van der Waals surface area contributed by atoms with Crippen LogP contribution in [-0.4, -0.2) is 68.1 Å². The van der Waals surface area contributed by atoms with E-state index in [-0.39, 0.29) is 48.0 Å². The summed E-state index contributed by atoms with van der Waals surface area (Å²) in [6.07, 6.45) is -3.53. The van der Waals surface area contributed by atoms with Gasteiger partial charge in [-0.15, -0.1) is 0 Å². The summed E-state index contributed by atoms with van der Waals surface area (Å²) in [5, 5.41) is 3.98. The van der Waals surface area contributed by atoms with Gasteiger partial charge in [-0.25, -0.2) is 27.7 Å². The van der Waals surface area contributed by atoms with Gasteiger partial charge in [0.2, 0.25) is 0 Å². The zero-order valence-corrected chi connectivity index (χ0v) is 23.5. The van der Waals surface area contributed by atoms with E-state index in [2.05, 4.69) is 24.5 Å². The maximum atomic E-state index is 15.4. The molecule has 0 amide bonds. The van der Waals surface area contributed by atoms with Gasteiger partial charge in [-0.2, -0.15) is 13.2 Å². The van der Waals surface area contributed by atoms with Crippen molar-refractivity contribution in [3.8, 4) is 28.6 Å². The molecule has 1 spiro atoms. The van der Waals surface area contributed by atoms with Crippen molar-refractivity contribution in [2.45, 2.75) is 48.8 Å². The second-order valence-corrected chi connectivity index (χ2v) is 12.8. The summed E-state index contributed by atoms with van der Waals surface area (Å²) >= 11 is 0. The molecule has 4 atom stereocenters. The minimum atomic E-state index is -5.26. The molecule has 0 bridgehead atoms. The molecule has 2 aliphatic rings. The minimum absolute atomic E-state index is 0.00495. The van der Waals surface area contributed by atoms with Gasteiger partial charge < -0.3 is 19.7 Å². The number of rotatable bonds is 5. The molecule has 2 aromatic heterocycles. The molecule has 1 aromatic carbocycles. The number of benzene rings is 1. The Morgan fingerprint density at radius 2 is 1.95 bits per heavy atom. The van der Waals surface area contributed by atoms with Gasteiger partial charge in [0.25, 0.3) is 0 Å². The third kappa shape index (κ3) is 4.76. The lowest BCUT2D eigenvalue weighted by atomic mass is 9.90. The largest absolute Gasteiger partial charge is 0.494 e. The van der Waals surface area contributed by atoms with E-state index < -0.39 is 44.1 Å². The zero-order chi connectivity index (χ0) is 30.5. The average molecular weight is 611 g/mol. The van der Waals surface area contributed by atoms with Crippen molar-refractivity contribution >= 4 is 21.5 Å². The molecule has 3 heterocycles. The molecule has 1 aliphatic carbocycles. The topological polar surface area (TPSA) is 155 Å². The van der Waals surface area contributed by atoms with Gasteiger partial charge in [0, 0.05) is 24.2 Å². The average Bonchev–Trinajstić information content (AvgIpc) is 3.61. The van der Waals surface area contributed by atoms with Gasteiger partial charge in [-0.1, -0.05) is 5.16 Å². The number of alkyl halides is 3. The molecule has 3 aromatic rings. The Hall–Kier alpha value is -4.08. The molecular formula is C26H26F4N6O5S. The van der Waals surface area contributed by atoms with Crippen LogP contribution in [0.1, 0.15) is 31.7 Å². The number of amidine groups is 1. The van der Waals surface area contributed by atoms with Crippen LogP contribution in [0.25, 0.3) is 22.8 Å². The van der Waals surface area contributed by atoms with E-state index in [9.17, 15) is 22.2 Å². The lowest BCUT2D eigenvalue weighted by Gasteiger charge is -2.44. The first-order valence-electron chi connectivity index (χ1n) is 12.7. The Labute approximate surface area is 237 Å². The summed E-state index contributed by atoms with van der Waals surface area (Å²) in [7, 11) is -0.829. The van der Waals surface area contributed by atoms with Crippen molar-refractivity contribution in [2.75, 3.05) is 19.9 Å². The van der Waals surface area contributed by atoms with Gasteiger partial charge in [0.05, 0.1) is 35.0 Å². The standard InChI is InChI=1S/C26H26F4N6O5S/c1-24(13-42(38,32-2)25(22(31)35-24)8-4-5-20(25)40-23(37)26(28,29)30)16-9-14(6-7-17(16)27)19-10-18(36-41-19)21-33-11-15(39-3)12-34-21/h6-7,9-12,20H,4-5,8,13H2,1-3H3,(H2,31,35)/t20?,24-,25?,42+/m0/s1. The highest BCUT2D eigenvalue weighted by Crippen LogP contribution is 2.48. The molecule has 5 rings (SSSR count). The smallest absolute Gasteiger partial charge is 0.490 e. The van der Waals surface area contributed by atoms with Crippen molar-refractivity contribution in [3.05, 3.63) is 48.0 Å². The van der Waals surface area contributed by atoms with E-state index in [0.29, 0.717) is 17.0 Å². The Morgan fingerprint density at radius 1 is 1.24 bits per heavy atom. The summed E-state index contributed by atoms with van der Waals surface area (Å²) in [4.78, 5) is 24.5. The van der Waals surface area contributed by atoms with Gasteiger partial charge in [0.1, 0.15) is 28.0 Å². The Morgan fingerprint density at radius 3 is 2.60 bits per heavy atom. The van der Waals surface area contributed by atoms with Gasteiger partial charge in [-0.3, -0.25) is 4.99 Å². The number of aromatic nitrogens is 3. The number of hydrogen-bond donors (Lipinski definition) is 1. The molecule has 0 saturated heterocycles. The van der Waals surface area contributed by atoms with Crippen molar-refractivity contribution in [1.29, 1.82) is 0 Å². The van der Waals surface area contributed by atoms with Crippen LogP contribution < -0.4 is 10.5 Å². The van der Waals surface area contributed by atoms with E-state index in [4.69, 9.17) is 19.7 Å². The maximum absolute atomic E-state index is 15.4. The van der Waals surface area contributed by atoms with Gasteiger partial charge >= 0.3 is 12.1 Å². The van der Waals surface area contributed by atoms with E-state index in [0.717, 1.165) is 0 Å². The normalized spacial score (nSPS) is 27.5. The third-order valence-corrected chi connectivity index (χ3v) is 10.9. The fraction of sp³-hybridized carbons (Fsp3) is 0.423. The highest BCUT2D eigenvalue weighted by atomic mass is 32.2. The first-order chi connectivity index (χ1) is 19.8. The highest BCUT2D eigenvalue weighted by molar-refractivity contribution is 7.96. The fourth-order valence-electron chi connectivity index (χ4n) is 5.55. The second-order valence-electron chi connectivity index (χ2n) is 10.1. The fourth-order valence-corrected chi connectivity index (χ4v) is 8.65. The van der Waals surface area contributed by atoms with Crippen LogP contribution in [0, 0.1) is 5.82 Å². The minimum Gasteiger partial charge on any atom is -0.494 e. The summed E-state index contributed by atoms with van der Waals surface area (Å²) in [5.74, 6) is -2.86. The Bertz CT molecular complexity index is 1680. The highest BCUT2D eigenvalue weighted by Gasteiger charge is 2.62. The van der Waals surface area contributed by atoms with Crippen LogP contribution in [0.15, 0.2) is 50.5 Å². The number of esters is 1. The number of carbonyl (C=O) groups is 1. The molecule has 2 unspecified atom stereocenters. The van der Waals surface area contributed by atoms with Crippen LogP contribution in [0.3, 0.4) is 0 Å². The lowest BCUT2D eigenvalue weighted by Crippen LogP contribution is -2.63. The zero-order valence-electron chi connectivity index (χ0n) is 22.6. The molecular weight excluding hydrogens is 584 g/mol. The van der Waals surface area contributed by atoms with E-state index >= 15 is 4.39 Å². The predicted molar refractivity (Wildman–Crippen MR) is 142 cm³/mol. The molecule has 16 heteroatoms. The van der Waals surface area contributed by atoms with Crippen LogP contribution in [0.5, 0.6) is 5.75 Å². The van der Waals surface area contributed by atoms with Crippen molar-refractivity contribution in [2.24, 2.45) is 15.1 Å². The monoisotopic (exact) mass is 610 g/mol. The van der Waals surface area contributed by atoms with Gasteiger partial charge in [-0.05, 0) is 44.4 Å². The number of halogens is 4. The van der Waals surface area contributed by atoms with E-state index in [1.807, 2.05) is 0 Å². The van der Waals surface area contributed by atoms with Crippen LogP contribution in [0.4, 0.5) is 17.6 Å². The first kappa shape index (κ1) is 29.4. The Balaban J connectivity index is 1.54. The van der Waals surface area contributed by atoms with E-state index in [1.54, 1.807) is 6.07 Å². The van der Waals surface area contributed by atoms with Crippen LogP contribution in [0.2, 0.25) is 0 Å². The molecule has 1 saturated carbocycles. The maximum Gasteiger partial charge on any atom is 0.490 e. The molecule has 0 radical (unpaired) electrons. The number of hydrogen-bond acceptors (Lipinski definition) is 11. The summed E-state index contributed by atoms with van der Waals surface area (Å²) in [5.41, 5.74) is 5.52. The number of carbonyl (C=O) groups excluding carboxylic acids is 1. The summed E-state index contributed by atoms with van der Waals surface area (Å²) < 4.78 is 86.6. The van der Waals surface area contributed by atoms with Crippen LogP contribution >= 0.6 is 0 Å². The Kier molecular flexibility index (Phi) is 7.23. The first-order valence-corrected chi connectivity index (χ1v) is 14.3. The quantitative estimate of drug-likeness (QED) is 0.333. The van der Waals surface area contributed by atoms with Crippen LogP contribution in [-0.2, 0) is 24.8 Å². The molecule has 1 aliphatic heterocycles. The van der Waals surface area contributed by atoms with Crippen molar-refractivity contribution < 1.29 is 40.6 Å². The number of ether oxygens (including phenoxy) is 2. The molecule has 224 valence electrons. The molecule has 2 N–H and O–H groups in total. The number of nitrogens with zero attached hydrogens (tertiary/aromatic N) is 5. The SMILES string of the molecule is CN=[S@@]1(=O)C[C@@](C)(c2cc(-c3cc(-c4ncc(OC)cn4)no3)ccc2F)N=C(N)C12CCCC2OC(=O)C(F)(F)F. The third-order valence-electron chi connectivity index (χ3n) is 7.59. The lowest BCUT2D eigenvalue weighted by molar-refractivity contribution is -0.205. The molecule has 1 fully saturated rings. The van der Waals surface area contributed by atoms with E-state index in [1.165, 1.54) is 51.7 Å². The van der Waals surface area contributed by atoms with Crippen molar-refractivity contribution in [1.82, 2.24) is 15.1 Å². The number of nitrogens with two attached hydrogens (primary N) is 1. The van der Waals surface area contributed by atoms with Gasteiger partial charge in [0.15, 0.2) is 23.0 Å². The van der Waals surface area contributed by atoms with Crippen molar-refractivity contribution in [3.63, 3.8) is 0 Å². The predicted octanol–water partition coefficient (Wildman–Crippen LogP) is 4.03. The summed E-state index contributed by atoms with van der Waals surface area (Å²) in [6.45, 7) is 1.50. The molecule has 42 heavy (non-hydrogen) atoms. The second kappa shape index (κ2) is 10.3. The summed E-state index contributed by atoms with van der Waals surface area (Å²) in [6, 6.07) is 5.61.